The number of nitrogens with one attached hydrogen (secondary N) is 1. The molecule has 1 saturated carbocycles. The van der Waals surface area contributed by atoms with E-state index in [-0.39, 0.29) is 33.4 Å². The zero-order valence-corrected chi connectivity index (χ0v) is 34.7. The van der Waals surface area contributed by atoms with Crippen LogP contribution in [0.2, 0.25) is 54.4 Å². The van der Waals surface area contributed by atoms with E-state index in [2.05, 4.69) is 116 Å². The lowest BCUT2D eigenvalue weighted by atomic mass is 9.96. The van der Waals surface area contributed by atoms with Crippen molar-refractivity contribution in [3.05, 3.63) is 12.5 Å². The van der Waals surface area contributed by atoms with Gasteiger partial charge >= 0.3 is 0 Å². The minimum atomic E-state index is -2.27. The van der Waals surface area contributed by atoms with Gasteiger partial charge < -0.3 is 23.3 Å². The molecular weight excluding hydrogens is 627 g/mol. The third-order valence-corrected chi connectivity index (χ3v) is 25.2. The second-order valence-corrected chi connectivity index (χ2v) is 32.7. The molecule has 262 valence electrons. The van der Waals surface area contributed by atoms with Gasteiger partial charge in [-0.05, 0) is 67.2 Å². The monoisotopic (exact) mass is 691 g/mol. The number of hydrogen-bond acceptors (Lipinski definition) is 8. The second-order valence-electron chi connectivity index (χ2n) is 18.4. The topological polar surface area (TPSA) is 92.6 Å². The number of aromatic nitrogens is 4. The molecule has 2 aromatic heterocycles. The summed E-state index contributed by atoms with van der Waals surface area (Å²) < 4.78 is 30.7. The summed E-state index contributed by atoms with van der Waals surface area (Å²) >= 11 is 0. The molecule has 0 unspecified atom stereocenters. The summed E-state index contributed by atoms with van der Waals surface area (Å²) in [4.78, 5) is 14.4. The van der Waals surface area contributed by atoms with Gasteiger partial charge in [-0.3, -0.25) is 4.57 Å². The van der Waals surface area contributed by atoms with Crippen molar-refractivity contribution in [1.29, 1.82) is 0 Å². The summed E-state index contributed by atoms with van der Waals surface area (Å²) in [6.07, 6.45) is 8.33. The summed E-state index contributed by atoms with van der Waals surface area (Å²) in [6, 6.07) is 0.402. The first-order chi connectivity index (χ1) is 20.9. The minimum Gasteiger partial charge on any atom is -0.414 e. The fraction of sp³-hybridized carbons (Fsp3) is 0.853. The molecule has 3 heterocycles. The van der Waals surface area contributed by atoms with Gasteiger partial charge in [0.1, 0.15) is 23.8 Å². The smallest absolute Gasteiger partial charge is 0.224 e. The van der Waals surface area contributed by atoms with Gasteiger partial charge in [0, 0.05) is 6.04 Å². The van der Waals surface area contributed by atoms with Gasteiger partial charge in [-0.2, -0.15) is 4.98 Å². The van der Waals surface area contributed by atoms with Crippen molar-refractivity contribution in [2.24, 2.45) is 0 Å². The lowest BCUT2D eigenvalue weighted by Crippen LogP contribution is -2.54. The first-order valence-corrected chi connectivity index (χ1v) is 26.3. The van der Waals surface area contributed by atoms with E-state index < -0.39 is 31.2 Å². The number of ether oxygens (including phenoxy) is 1. The summed E-state index contributed by atoms with van der Waals surface area (Å²) in [5.74, 6) is 0.646. The van der Waals surface area contributed by atoms with Crippen LogP contribution in [0.5, 0.6) is 0 Å². The van der Waals surface area contributed by atoms with Gasteiger partial charge in [0.25, 0.3) is 0 Å². The summed E-state index contributed by atoms with van der Waals surface area (Å²) in [5, 5.41) is 3.71. The number of imidazole rings is 1. The molecule has 1 aliphatic heterocycles. The molecule has 0 aromatic carbocycles. The lowest BCUT2D eigenvalue weighted by molar-refractivity contribution is -0.0470. The van der Waals surface area contributed by atoms with Crippen LogP contribution < -0.4 is 5.32 Å². The van der Waals surface area contributed by atoms with Crippen molar-refractivity contribution in [3.8, 4) is 0 Å². The molecule has 46 heavy (non-hydrogen) atoms. The Hall–Kier alpha value is -1.16. The summed E-state index contributed by atoms with van der Waals surface area (Å²) in [5.41, 5.74) is 1.49. The molecule has 2 aromatic rings. The molecule has 2 fully saturated rings. The standard InChI is InChI=1S/C34H65N5O4Si3/c1-32(2,3)44(10,11)40-22-26-27(42-45(12,13)33(4,5)6)28(43-46(14,15)34(7,8)9)30(41-26)39-23-36-25-21-35-31(38-29(25)39)37-24-19-17-16-18-20-24/h21,23-24,26-28,30H,16-20,22H2,1-15H3,(H,35,37,38)/t26-,27-,28-,30-/m1/s1. The van der Waals surface area contributed by atoms with Crippen molar-refractivity contribution in [3.63, 3.8) is 0 Å². The predicted octanol–water partition coefficient (Wildman–Crippen LogP) is 9.27. The molecule has 2 aliphatic rings. The summed E-state index contributed by atoms with van der Waals surface area (Å²) in [7, 11) is -6.57. The van der Waals surface area contributed by atoms with Crippen molar-refractivity contribution >= 4 is 42.1 Å². The van der Waals surface area contributed by atoms with Crippen molar-refractivity contribution in [2.45, 2.75) is 179 Å². The Morgan fingerprint density at radius 3 is 1.87 bits per heavy atom. The molecule has 4 rings (SSSR count). The van der Waals surface area contributed by atoms with Crippen molar-refractivity contribution < 1.29 is 18.0 Å². The van der Waals surface area contributed by atoms with Crippen LogP contribution >= 0.6 is 0 Å². The van der Waals surface area contributed by atoms with E-state index in [1.165, 1.54) is 19.3 Å². The van der Waals surface area contributed by atoms with E-state index >= 15 is 0 Å². The van der Waals surface area contributed by atoms with Crippen LogP contribution in [0.25, 0.3) is 11.2 Å². The van der Waals surface area contributed by atoms with Crippen LogP contribution in [0, 0.1) is 0 Å². The number of fused-ring (bicyclic) bond motifs is 1. The lowest BCUT2D eigenvalue weighted by Gasteiger charge is -2.44. The Bertz CT molecular complexity index is 1320. The molecule has 0 spiro atoms. The molecule has 9 nitrogen and oxygen atoms in total. The highest BCUT2D eigenvalue weighted by atomic mass is 28.4. The quantitative estimate of drug-likeness (QED) is 0.247. The van der Waals surface area contributed by atoms with Gasteiger partial charge in [-0.15, -0.1) is 0 Å². The molecule has 4 atom stereocenters. The van der Waals surface area contributed by atoms with Crippen LogP contribution in [0.1, 0.15) is 101 Å². The predicted molar refractivity (Wildman–Crippen MR) is 197 cm³/mol. The number of nitrogens with zero attached hydrogens (tertiary/aromatic N) is 4. The maximum atomic E-state index is 7.36. The second kappa shape index (κ2) is 13.3. The highest BCUT2D eigenvalue weighted by Crippen LogP contribution is 2.47. The van der Waals surface area contributed by atoms with E-state index in [4.69, 9.17) is 28.0 Å². The Labute approximate surface area is 282 Å². The van der Waals surface area contributed by atoms with E-state index in [1.807, 2.05) is 12.5 Å². The number of anilines is 1. The first kappa shape index (κ1) is 37.7. The third-order valence-electron chi connectivity index (χ3n) is 11.7. The van der Waals surface area contributed by atoms with Crippen LogP contribution in [0.3, 0.4) is 0 Å². The van der Waals surface area contributed by atoms with Gasteiger partial charge in [0.2, 0.25) is 5.95 Å². The normalized spacial score (nSPS) is 24.6. The average Bonchev–Trinajstić information content (AvgIpc) is 3.46. The first-order valence-electron chi connectivity index (χ1n) is 17.5. The molecule has 0 amide bonds. The van der Waals surface area contributed by atoms with E-state index in [0.29, 0.717) is 18.6 Å². The fourth-order valence-corrected chi connectivity index (χ4v) is 9.01. The van der Waals surface area contributed by atoms with E-state index in [1.54, 1.807) is 0 Å². The van der Waals surface area contributed by atoms with Crippen molar-refractivity contribution in [2.75, 3.05) is 11.9 Å². The maximum Gasteiger partial charge on any atom is 0.224 e. The Morgan fingerprint density at radius 1 is 0.783 bits per heavy atom. The molecular formula is C34H65N5O4Si3. The number of hydrogen-bond donors (Lipinski definition) is 1. The van der Waals surface area contributed by atoms with Crippen LogP contribution in [-0.2, 0) is 18.0 Å². The molecule has 1 N–H and O–H groups in total. The highest BCUT2D eigenvalue weighted by molar-refractivity contribution is 6.75. The minimum absolute atomic E-state index is 0.00502. The van der Waals surface area contributed by atoms with E-state index in [9.17, 15) is 0 Å². The summed E-state index contributed by atoms with van der Waals surface area (Å²) in [6.45, 7) is 34.9. The van der Waals surface area contributed by atoms with Gasteiger partial charge in [-0.1, -0.05) is 81.6 Å². The molecule has 0 bridgehead atoms. The highest BCUT2D eigenvalue weighted by Gasteiger charge is 2.55. The van der Waals surface area contributed by atoms with Gasteiger partial charge in [0.15, 0.2) is 36.8 Å². The average molecular weight is 692 g/mol. The van der Waals surface area contributed by atoms with Crippen LogP contribution in [0.4, 0.5) is 5.95 Å². The Morgan fingerprint density at radius 2 is 1.33 bits per heavy atom. The fourth-order valence-electron chi connectivity index (χ4n) is 5.39. The van der Waals surface area contributed by atoms with Crippen molar-refractivity contribution in [1.82, 2.24) is 19.5 Å². The van der Waals surface area contributed by atoms with E-state index in [0.717, 1.165) is 24.0 Å². The third kappa shape index (κ3) is 8.16. The Kier molecular flexibility index (Phi) is 10.9. The molecule has 1 aliphatic carbocycles. The molecule has 1 saturated heterocycles. The zero-order chi connectivity index (χ0) is 34.5. The SMILES string of the molecule is CC(C)(C)[Si](C)(C)OC[C@H]1O[C@@H](n2cnc3cnc(NC4CCCCC4)nc32)[C@H](O[Si](C)(C)C(C)(C)C)[C@@H]1O[Si](C)(C)C(C)(C)C. The van der Waals surface area contributed by atoms with Gasteiger partial charge in [0.05, 0.1) is 19.1 Å². The largest absolute Gasteiger partial charge is 0.414 e. The Balaban J connectivity index is 1.79. The maximum absolute atomic E-state index is 7.36. The number of rotatable bonds is 10. The molecule has 12 heteroatoms. The molecule has 0 radical (unpaired) electrons. The van der Waals surface area contributed by atoms with Crippen LogP contribution in [0.15, 0.2) is 12.5 Å². The van der Waals surface area contributed by atoms with Gasteiger partial charge in [-0.25, -0.2) is 9.97 Å². The van der Waals surface area contributed by atoms with Crippen LogP contribution in [-0.4, -0.2) is 75.4 Å². The zero-order valence-electron chi connectivity index (χ0n) is 31.7.